The van der Waals surface area contributed by atoms with Gasteiger partial charge >= 0.3 is 21.7 Å². The maximum Gasteiger partial charge on any atom is 0.534 e. The van der Waals surface area contributed by atoms with Crippen molar-refractivity contribution in [1.29, 1.82) is 0 Å². The fourth-order valence-corrected chi connectivity index (χ4v) is 3.86. The molecule has 1 saturated heterocycles. The van der Waals surface area contributed by atoms with Gasteiger partial charge in [0.25, 0.3) is 0 Å². The van der Waals surface area contributed by atoms with Gasteiger partial charge in [-0.1, -0.05) is 0 Å². The standard InChI is InChI=1S/C17H18F3N3O5S/c1-10-8-22(9-11(2)23(10)16(24)25)13-5-12-6-14(3-4-15(12)21-7-13)28-29(26,27)17(18,19)20/h3-7,10-11H,8-9H2,1-2H3,(H,24,25). The van der Waals surface area contributed by atoms with E-state index < -0.39 is 27.5 Å². The second kappa shape index (κ2) is 7.25. The number of carboxylic acid groups (broad SMARTS) is 1. The Labute approximate surface area is 164 Å². The normalized spacial score (nSPS) is 20.7. The molecular weight excluding hydrogens is 415 g/mol. The summed E-state index contributed by atoms with van der Waals surface area (Å²) in [4.78, 5) is 18.9. The molecule has 2 aromatic rings. The number of amides is 1. The number of hydrogen-bond acceptors (Lipinski definition) is 6. The van der Waals surface area contributed by atoms with Crippen LogP contribution in [0, 0.1) is 0 Å². The molecule has 158 valence electrons. The molecule has 1 aromatic heterocycles. The minimum Gasteiger partial charge on any atom is -0.465 e. The molecule has 2 atom stereocenters. The lowest BCUT2D eigenvalue weighted by molar-refractivity contribution is -0.0500. The molecule has 0 bridgehead atoms. The highest BCUT2D eigenvalue weighted by Crippen LogP contribution is 2.30. The number of carbonyl (C=O) groups is 1. The Morgan fingerprint density at radius 1 is 1.21 bits per heavy atom. The zero-order chi connectivity index (χ0) is 21.6. The highest BCUT2D eigenvalue weighted by molar-refractivity contribution is 7.88. The monoisotopic (exact) mass is 433 g/mol. The van der Waals surface area contributed by atoms with Gasteiger partial charge in [0, 0.05) is 18.5 Å². The van der Waals surface area contributed by atoms with Crippen molar-refractivity contribution in [3.63, 3.8) is 0 Å². The van der Waals surface area contributed by atoms with Crippen LogP contribution in [0.3, 0.4) is 0 Å². The summed E-state index contributed by atoms with van der Waals surface area (Å²) in [5, 5.41) is 9.70. The van der Waals surface area contributed by atoms with E-state index in [-0.39, 0.29) is 12.1 Å². The smallest absolute Gasteiger partial charge is 0.465 e. The molecule has 1 amide bonds. The van der Waals surface area contributed by atoms with Crippen molar-refractivity contribution >= 4 is 32.8 Å². The molecule has 0 spiro atoms. The number of rotatable bonds is 3. The SMILES string of the molecule is CC1CN(c2cnc3ccc(OS(=O)(=O)C(F)(F)F)cc3c2)CC(C)N1C(=O)O. The lowest BCUT2D eigenvalue weighted by atomic mass is 10.1. The van der Waals surface area contributed by atoms with E-state index in [9.17, 15) is 31.5 Å². The molecule has 1 fully saturated rings. The zero-order valence-corrected chi connectivity index (χ0v) is 16.2. The summed E-state index contributed by atoms with van der Waals surface area (Å²) in [6.07, 6.45) is 0.569. The van der Waals surface area contributed by atoms with Gasteiger partial charge < -0.3 is 14.2 Å². The number of alkyl halides is 3. The molecule has 2 unspecified atom stereocenters. The third-order valence-electron chi connectivity index (χ3n) is 4.63. The molecule has 0 aliphatic carbocycles. The Kier molecular flexibility index (Phi) is 5.24. The fraction of sp³-hybridized carbons (Fsp3) is 0.412. The third kappa shape index (κ3) is 4.16. The molecule has 0 saturated carbocycles. The molecular formula is C17H18F3N3O5S. The number of nitrogens with zero attached hydrogens (tertiary/aromatic N) is 3. The first-order chi connectivity index (χ1) is 13.4. The van der Waals surface area contributed by atoms with E-state index >= 15 is 0 Å². The molecule has 3 rings (SSSR count). The highest BCUT2D eigenvalue weighted by atomic mass is 32.2. The summed E-state index contributed by atoms with van der Waals surface area (Å²) in [6, 6.07) is 4.69. The van der Waals surface area contributed by atoms with Crippen LogP contribution in [-0.2, 0) is 10.1 Å². The van der Waals surface area contributed by atoms with Crippen molar-refractivity contribution < 1.29 is 35.7 Å². The summed E-state index contributed by atoms with van der Waals surface area (Å²) < 4.78 is 64.2. The maximum absolute atomic E-state index is 12.5. The average molecular weight is 433 g/mol. The summed E-state index contributed by atoms with van der Waals surface area (Å²) >= 11 is 0. The molecule has 1 aromatic carbocycles. The summed E-state index contributed by atoms with van der Waals surface area (Å²) in [6.45, 7) is 4.36. The molecule has 1 aliphatic rings. The van der Waals surface area contributed by atoms with E-state index in [2.05, 4.69) is 9.17 Å². The van der Waals surface area contributed by atoms with E-state index in [0.717, 1.165) is 12.1 Å². The van der Waals surface area contributed by atoms with Crippen molar-refractivity contribution in [1.82, 2.24) is 9.88 Å². The highest BCUT2D eigenvalue weighted by Gasteiger charge is 2.48. The minimum absolute atomic E-state index is 0.279. The van der Waals surface area contributed by atoms with E-state index in [0.29, 0.717) is 29.7 Å². The lowest BCUT2D eigenvalue weighted by Gasteiger charge is -2.43. The van der Waals surface area contributed by atoms with Crippen molar-refractivity contribution in [2.75, 3.05) is 18.0 Å². The van der Waals surface area contributed by atoms with Crippen LogP contribution >= 0.6 is 0 Å². The van der Waals surface area contributed by atoms with Crippen LogP contribution in [0.5, 0.6) is 5.75 Å². The Hall–Kier alpha value is -2.76. The van der Waals surface area contributed by atoms with Gasteiger partial charge in [-0.15, -0.1) is 0 Å². The Morgan fingerprint density at radius 3 is 2.38 bits per heavy atom. The number of anilines is 1. The van der Waals surface area contributed by atoms with Crippen LogP contribution in [-0.4, -0.2) is 60.2 Å². The Bertz CT molecular complexity index is 1030. The molecule has 8 nitrogen and oxygen atoms in total. The summed E-state index contributed by atoms with van der Waals surface area (Å²) in [7, 11) is -5.77. The molecule has 1 aliphatic heterocycles. The molecule has 2 heterocycles. The van der Waals surface area contributed by atoms with Crippen LogP contribution in [0.2, 0.25) is 0 Å². The first kappa shape index (κ1) is 21.0. The van der Waals surface area contributed by atoms with E-state index in [4.69, 9.17) is 0 Å². The topological polar surface area (TPSA) is 100 Å². The summed E-state index contributed by atoms with van der Waals surface area (Å²) in [5.74, 6) is -0.480. The van der Waals surface area contributed by atoms with Crippen LogP contribution in [0.1, 0.15) is 13.8 Å². The number of halogens is 3. The number of benzene rings is 1. The van der Waals surface area contributed by atoms with Crippen LogP contribution in [0.15, 0.2) is 30.5 Å². The second-order valence-corrected chi connectivity index (χ2v) is 8.36. The second-order valence-electron chi connectivity index (χ2n) is 6.82. The Balaban J connectivity index is 1.89. The largest absolute Gasteiger partial charge is 0.534 e. The molecule has 1 N–H and O–H groups in total. The first-order valence-electron chi connectivity index (χ1n) is 8.56. The van der Waals surface area contributed by atoms with E-state index in [1.54, 1.807) is 26.1 Å². The number of hydrogen-bond donors (Lipinski definition) is 1. The predicted molar refractivity (Wildman–Crippen MR) is 98.3 cm³/mol. The van der Waals surface area contributed by atoms with Gasteiger partial charge in [0.2, 0.25) is 0 Å². The van der Waals surface area contributed by atoms with Gasteiger partial charge in [0.1, 0.15) is 5.75 Å². The van der Waals surface area contributed by atoms with Gasteiger partial charge in [-0.25, -0.2) is 4.79 Å². The van der Waals surface area contributed by atoms with Crippen molar-refractivity contribution in [3.8, 4) is 5.75 Å². The third-order valence-corrected chi connectivity index (χ3v) is 5.61. The zero-order valence-electron chi connectivity index (χ0n) is 15.4. The van der Waals surface area contributed by atoms with Crippen molar-refractivity contribution in [3.05, 3.63) is 30.5 Å². The fourth-order valence-electron chi connectivity index (χ4n) is 3.41. The van der Waals surface area contributed by atoms with Gasteiger partial charge in [-0.05, 0) is 38.1 Å². The average Bonchev–Trinajstić information content (AvgIpc) is 2.58. The first-order valence-corrected chi connectivity index (χ1v) is 9.96. The lowest BCUT2D eigenvalue weighted by Crippen LogP contribution is -2.58. The Morgan fingerprint density at radius 2 is 1.83 bits per heavy atom. The predicted octanol–water partition coefficient (Wildman–Crippen LogP) is 3.04. The van der Waals surface area contributed by atoms with Crippen molar-refractivity contribution in [2.45, 2.75) is 31.4 Å². The quantitative estimate of drug-likeness (QED) is 0.587. The minimum atomic E-state index is -5.77. The molecule has 12 heteroatoms. The van der Waals surface area contributed by atoms with Crippen molar-refractivity contribution in [2.24, 2.45) is 0 Å². The van der Waals surface area contributed by atoms with Crippen LogP contribution < -0.4 is 9.08 Å². The van der Waals surface area contributed by atoms with E-state index in [1.807, 2.05) is 4.90 Å². The van der Waals surface area contributed by atoms with Gasteiger partial charge in [-0.3, -0.25) is 9.88 Å². The van der Waals surface area contributed by atoms with Crippen LogP contribution in [0.4, 0.5) is 23.7 Å². The van der Waals surface area contributed by atoms with Gasteiger partial charge in [0.15, 0.2) is 0 Å². The van der Waals surface area contributed by atoms with E-state index in [1.165, 1.54) is 11.0 Å². The molecule has 29 heavy (non-hydrogen) atoms. The van der Waals surface area contributed by atoms with Gasteiger partial charge in [0.05, 0.1) is 29.5 Å². The summed E-state index contributed by atoms with van der Waals surface area (Å²) in [5.41, 5.74) is -4.45. The number of piperazine rings is 1. The number of pyridine rings is 1. The number of aromatic nitrogens is 1. The number of fused-ring (bicyclic) bond motifs is 1. The van der Waals surface area contributed by atoms with Crippen LogP contribution in [0.25, 0.3) is 10.9 Å². The maximum atomic E-state index is 12.5. The van der Waals surface area contributed by atoms with Gasteiger partial charge in [-0.2, -0.15) is 21.6 Å². The molecule has 0 radical (unpaired) electrons.